The number of aryl methyl sites for hydroxylation is 2. The molecule has 0 saturated carbocycles. The number of nitrogen functional groups attached to an aromatic ring is 1. The Morgan fingerprint density at radius 1 is 1.53 bits per heavy atom. The Bertz CT molecular complexity index is 559. The fraction of sp³-hybridized carbons (Fsp3) is 0.167. The Morgan fingerprint density at radius 2 is 2.29 bits per heavy atom. The summed E-state index contributed by atoms with van der Waals surface area (Å²) in [7, 11) is 1.77. The molecule has 0 unspecified atom stereocenters. The van der Waals surface area contributed by atoms with E-state index in [1.807, 2.05) is 19.1 Å². The summed E-state index contributed by atoms with van der Waals surface area (Å²) in [6.45, 7) is 1.89. The zero-order valence-electron chi connectivity index (χ0n) is 9.77. The van der Waals surface area contributed by atoms with Crippen LogP contribution in [0.15, 0.2) is 30.6 Å². The van der Waals surface area contributed by atoms with Gasteiger partial charge >= 0.3 is 0 Å². The van der Waals surface area contributed by atoms with Gasteiger partial charge in [-0.1, -0.05) is 6.07 Å². The third kappa shape index (κ3) is 2.28. The van der Waals surface area contributed by atoms with Gasteiger partial charge in [-0.25, -0.2) is 4.98 Å². The van der Waals surface area contributed by atoms with Crippen LogP contribution in [0.3, 0.4) is 0 Å². The van der Waals surface area contributed by atoms with Crippen LogP contribution < -0.4 is 11.1 Å². The lowest BCUT2D eigenvalue weighted by atomic mass is 10.3. The summed E-state index contributed by atoms with van der Waals surface area (Å²) in [5, 5.41) is 2.75. The molecule has 5 heteroatoms. The topological polar surface area (TPSA) is 72.9 Å². The van der Waals surface area contributed by atoms with Gasteiger partial charge in [-0.05, 0) is 24.6 Å². The van der Waals surface area contributed by atoms with Crippen LogP contribution >= 0.6 is 0 Å². The molecule has 88 valence electrons. The van der Waals surface area contributed by atoms with Crippen LogP contribution in [-0.2, 0) is 7.05 Å². The zero-order chi connectivity index (χ0) is 12.4. The molecule has 2 aromatic rings. The summed E-state index contributed by atoms with van der Waals surface area (Å²) >= 11 is 0. The Labute approximate surface area is 99.3 Å². The standard InChI is InChI=1S/C12H14N4O/c1-8-4-3-5-14-11(8)15-12(17)10-6-9(13)7-16(10)2/h3-7H,13H2,1-2H3,(H,14,15,17). The highest BCUT2D eigenvalue weighted by Crippen LogP contribution is 2.13. The van der Waals surface area contributed by atoms with Gasteiger partial charge in [0.25, 0.3) is 5.91 Å². The van der Waals surface area contributed by atoms with Gasteiger partial charge in [0.1, 0.15) is 11.5 Å². The minimum absolute atomic E-state index is 0.217. The van der Waals surface area contributed by atoms with Crippen LogP contribution in [0.5, 0.6) is 0 Å². The first-order valence-corrected chi connectivity index (χ1v) is 5.22. The van der Waals surface area contributed by atoms with Crippen LogP contribution in [0.1, 0.15) is 16.1 Å². The molecule has 2 aromatic heterocycles. The second-order valence-corrected chi connectivity index (χ2v) is 3.89. The molecule has 0 aliphatic heterocycles. The van der Waals surface area contributed by atoms with E-state index >= 15 is 0 Å². The molecule has 2 heterocycles. The van der Waals surface area contributed by atoms with Crippen molar-refractivity contribution < 1.29 is 4.79 Å². The summed E-state index contributed by atoms with van der Waals surface area (Å²) in [6.07, 6.45) is 3.34. The highest BCUT2D eigenvalue weighted by atomic mass is 16.2. The van der Waals surface area contributed by atoms with Gasteiger partial charge in [0.15, 0.2) is 0 Å². The van der Waals surface area contributed by atoms with E-state index in [-0.39, 0.29) is 5.91 Å². The van der Waals surface area contributed by atoms with E-state index in [0.29, 0.717) is 17.2 Å². The number of amides is 1. The molecule has 0 aromatic carbocycles. The molecule has 0 aliphatic carbocycles. The maximum Gasteiger partial charge on any atom is 0.273 e. The monoisotopic (exact) mass is 230 g/mol. The van der Waals surface area contributed by atoms with E-state index in [0.717, 1.165) is 5.56 Å². The fourth-order valence-electron chi connectivity index (χ4n) is 1.60. The van der Waals surface area contributed by atoms with E-state index in [2.05, 4.69) is 10.3 Å². The lowest BCUT2D eigenvalue weighted by molar-refractivity contribution is 0.101. The highest BCUT2D eigenvalue weighted by molar-refractivity contribution is 6.03. The summed E-state index contributed by atoms with van der Waals surface area (Å²) in [6, 6.07) is 5.35. The Balaban J connectivity index is 2.23. The Kier molecular flexibility index (Phi) is 2.82. The minimum atomic E-state index is -0.217. The van der Waals surface area contributed by atoms with Gasteiger partial charge in [-0.2, -0.15) is 0 Å². The van der Waals surface area contributed by atoms with Gasteiger partial charge < -0.3 is 15.6 Å². The Morgan fingerprint density at radius 3 is 2.88 bits per heavy atom. The van der Waals surface area contributed by atoms with E-state index in [4.69, 9.17) is 5.73 Å². The average molecular weight is 230 g/mol. The highest BCUT2D eigenvalue weighted by Gasteiger charge is 2.12. The van der Waals surface area contributed by atoms with Gasteiger partial charge in [0.2, 0.25) is 0 Å². The number of nitrogens with one attached hydrogen (secondary N) is 1. The van der Waals surface area contributed by atoms with Gasteiger partial charge in [0, 0.05) is 19.4 Å². The smallest absolute Gasteiger partial charge is 0.273 e. The third-order valence-electron chi connectivity index (χ3n) is 2.50. The van der Waals surface area contributed by atoms with Crippen LogP contribution in [-0.4, -0.2) is 15.5 Å². The maximum atomic E-state index is 12.0. The van der Waals surface area contributed by atoms with E-state index < -0.39 is 0 Å². The molecule has 17 heavy (non-hydrogen) atoms. The van der Waals surface area contributed by atoms with Crippen molar-refractivity contribution in [1.82, 2.24) is 9.55 Å². The molecular weight excluding hydrogens is 216 g/mol. The van der Waals surface area contributed by atoms with Gasteiger partial charge in [-0.15, -0.1) is 0 Å². The molecule has 0 fully saturated rings. The number of nitrogens with zero attached hydrogens (tertiary/aromatic N) is 2. The number of carbonyl (C=O) groups is 1. The number of carbonyl (C=O) groups excluding carboxylic acids is 1. The molecule has 0 atom stereocenters. The van der Waals surface area contributed by atoms with Crippen molar-refractivity contribution in [3.05, 3.63) is 41.9 Å². The largest absolute Gasteiger partial charge is 0.397 e. The quantitative estimate of drug-likeness (QED) is 0.822. The molecule has 5 nitrogen and oxygen atoms in total. The number of hydrogen-bond donors (Lipinski definition) is 2. The van der Waals surface area contributed by atoms with E-state index in [1.54, 1.807) is 30.1 Å². The van der Waals surface area contributed by atoms with Crippen molar-refractivity contribution in [2.75, 3.05) is 11.1 Å². The van der Waals surface area contributed by atoms with Crippen LogP contribution in [0.25, 0.3) is 0 Å². The molecule has 2 rings (SSSR count). The third-order valence-corrected chi connectivity index (χ3v) is 2.50. The molecule has 0 saturated heterocycles. The number of anilines is 2. The first kappa shape index (κ1) is 11.2. The van der Waals surface area contributed by atoms with Crippen LogP contribution in [0.2, 0.25) is 0 Å². The SMILES string of the molecule is Cc1cccnc1NC(=O)c1cc(N)cn1C. The predicted molar refractivity (Wildman–Crippen MR) is 66.8 cm³/mol. The van der Waals surface area contributed by atoms with Crippen molar-refractivity contribution in [1.29, 1.82) is 0 Å². The van der Waals surface area contributed by atoms with Crippen LogP contribution in [0.4, 0.5) is 11.5 Å². The minimum Gasteiger partial charge on any atom is -0.397 e. The number of rotatable bonds is 2. The molecule has 1 amide bonds. The first-order valence-electron chi connectivity index (χ1n) is 5.22. The second-order valence-electron chi connectivity index (χ2n) is 3.89. The van der Waals surface area contributed by atoms with Gasteiger partial charge in [-0.3, -0.25) is 4.79 Å². The van der Waals surface area contributed by atoms with E-state index in [9.17, 15) is 4.79 Å². The van der Waals surface area contributed by atoms with Crippen molar-refractivity contribution in [3.8, 4) is 0 Å². The van der Waals surface area contributed by atoms with Gasteiger partial charge in [0.05, 0.1) is 5.69 Å². The van der Waals surface area contributed by atoms with Crippen molar-refractivity contribution in [2.45, 2.75) is 6.92 Å². The molecular formula is C12H14N4O. The van der Waals surface area contributed by atoms with Crippen molar-refractivity contribution in [3.63, 3.8) is 0 Å². The second kappa shape index (κ2) is 4.29. The predicted octanol–water partition coefficient (Wildman–Crippen LogP) is 1.56. The number of aromatic nitrogens is 2. The number of pyridine rings is 1. The summed E-state index contributed by atoms with van der Waals surface area (Å²) < 4.78 is 1.68. The Hall–Kier alpha value is -2.30. The number of nitrogens with two attached hydrogens (primary N) is 1. The lowest BCUT2D eigenvalue weighted by Crippen LogP contribution is -2.16. The fourth-order valence-corrected chi connectivity index (χ4v) is 1.60. The number of hydrogen-bond acceptors (Lipinski definition) is 3. The average Bonchev–Trinajstić information content (AvgIpc) is 2.61. The molecule has 0 radical (unpaired) electrons. The normalized spacial score (nSPS) is 10.2. The molecule has 0 spiro atoms. The summed E-state index contributed by atoms with van der Waals surface area (Å²) in [5.74, 6) is 0.350. The van der Waals surface area contributed by atoms with E-state index in [1.165, 1.54) is 0 Å². The molecule has 0 bridgehead atoms. The summed E-state index contributed by atoms with van der Waals surface area (Å²) in [5.41, 5.74) is 7.62. The van der Waals surface area contributed by atoms with Crippen molar-refractivity contribution >= 4 is 17.4 Å². The lowest BCUT2D eigenvalue weighted by Gasteiger charge is -2.07. The molecule has 3 N–H and O–H groups in total. The summed E-state index contributed by atoms with van der Waals surface area (Å²) in [4.78, 5) is 16.1. The van der Waals surface area contributed by atoms with Crippen molar-refractivity contribution in [2.24, 2.45) is 7.05 Å². The maximum absolute atomic E-state index is 12.0. The molecule has 0 aliphatic rings. The first-order chi connectivity index (χ1) is 8.08. The zero-order valence-corrected chi connectivity index (χ0v) is 9.77. The van der Waals surface area contributed by atoms with Crippen LogP contribution in [0, 0.1) is 6.92 Å².